The number of hydrazine groups is 1. The van der Waals surface area contributed by atoms with E-state index in [4.69, 9.17) is 5.84 Å². The molecule has 0 saturated carbocycles. The summed E-state index contributed by atoms with van der Waals surface area (Å²) >= 11 is 0. The number of nitrogens with zero attached hydrogens (tertiary/aromatic N) is 2. The molecule has 2 aromatic rings. The van der Waals surface area contributed by atoms with Gasteiger partial charge in [0.05, 0.1) is 17.0 Å². The van der Waals surface area contributed by atoms with Crippen molar-refractivity contribution in [1.82, 2.24) is 9.58 Å². The van der Waals surface area contributed by atoms with Crippen LogP contribution < -0.4 is 5.84 Å². The summed E-state index contributed by atoms with van der Waals surface area (Å²) in [5, 5.41) is 1.20. The quantitative estimate of drug-likeness (QED) is 0.649. The molecule has 1 aromatic heterocycles. The number of nitrogens with two attached hydrogens (primary N) is 1. The molecule has 1 aliphatic carbocycles. The van der Waals surface area contributed by atoms with Crippen molar-refractivity contribution in [3.8, 4) is 0 Å². The highest BCUT2D eigenvalue weighted by atomic mass is 16.2. The van der Waals surface area contributed by atoms with Crippen molar-refractivity contribution in [2.45, 2.75) is 19.8 Å². The molecule has 0 saturated heterocycles. The number of aryl methyl sites for hydroxylation is 2. The lowest BCUT2D eigenvalue weighted by Gasteiger charge is -2.17. The molecule has 110 valence electrons. The monoisotopic (exact) mass is 291 g/mol. The van der Waals surface area contributed by atoms with Crippen LogP contribution in [0.1, 0.15) is 28.9 Å². The minimum Gasteiger partial charge on any atom is -0.311 e. The van der Waals surface area contributed by atoms with Crippen LogP contribution in [0.25, 0.3) is 11.3 Å². The maximum Gasteiger partial charge on any atom is 0.273 e. The molecule has 0 spiro atoms. The summed E-state index contributed by atoms with van der Waals surface area (Å²) in [6, 6.07) is 12.2. The SMILES string of the molecule is Cc1cc2c3n1C(c1ccccc1)=CN(N)C(=O)C3=CCC2. The van der Waals surface area contributed by atoms with Crippen molar-refractivity contribution < 1.29 is 4.79 Å². The first kappa shape index (κ1) is 13.1. The van der Waals surface area contributed by atoms with Gasteiger partial charge in [0.15, 0.2) is 0 Å². The highest BCUT2D eigenvalue weighted by Gasteiger charge is 2.30. The molecule has 0 unspecified atom stereocenters. The molecule has 0 atom stereocenters. The molecule has 2 N–H and O–H groups in total. The number of amides is 1. The molecular formula is C18H17N3O. The Hall–Kier alpha value is -2.59. The van der Waals surface area contributed by atoms with Gasteiger partial charge in [0.1, 0.15) is 0 Å². The first-order valence-electron chi connectivity index (χ1n) is 7.44. The molecule has 4 nitrogen and oxygen atoms in total. The molecule has 22 heavy (non-hydrogen) atoms. The Morgan fingerprint density at radius 1 is 1.18 bits per heavy atom. The maximum atomic E-state index is 12.6. The van der Waals surface area contributed by atoms with Crippen LogP contribution in [0.3, 0.4) is 0 Å². The zero-order valence-corrected chi connectivity index (χ0v) is 12.4. The summed E-state index contributed by atoms with van der Waals surface area (Å²) in [5.74, 6) is 5.84. The zero-order chi connectivity index (χ0) is 15.3. The fourth-order valence-corrected chi connectivity index (χ4v) is 3.36. The van der Waals surface area contributed by atoms with E-state index in [1.165, 1.54) is 10.6 Å². The number of benzene rings is 1. The molecule has 2 aliphatic rings. The fraction of sp³-hybridized carbons (Fsp3) is 0.167. The van der Waals surface area contributed by atoms with Crippen molar-refractivity contribution in [1.29, 1.82) is 0 Å². The van der Waals surface area contributed by atoms with Gasteiger partial charge in [-0.25, -0.2) is 10.9 Å². The topological polar surface area (TPSA) is 51.3 Å². The summed E-state index contributed by atoms with van der Waals surface area (Å²) in [6.07, 6.45) is 5.57. The second-order valence-corrected chi connectivity index (χ2v) is 5.74. The van der Waals surface area contributed by atoms with Crippen molar-refractivity contribution in [3.05, 3.63) is 71.2 Å². The second-order valence-electron chi connectivity index (χ2n) is 5.74. The van der Waals surface area contributed by atoms with Gasteiger partial charge in [-0.1, -0.05) is 36.4 Å². The zero-order valence-electron chi connectivity index (χ0n) is 12.4. The van der Waals surface area contributed by atoms with Crippen LogP contribution >= 0.6 is 0 Å². The number of hydrogen-bond acceptors (Lipinski definition) is 2. The summed E-state index contributed by atoms with van der Waals surface area (Å²) in [4.78, 5) is 12.6. The van der Waals surface area contributed by atoms with Gasteiger partial charge in [-0.05, 0) is 31.4 Å². The van der Waals surface area contributed by atoms with Crippen LogP contribution in [-0.2, 0) is 11.2 Å². The maximum absolute atomic E-state index is 12.6. The Morgan fingerprint density at radius 3 is 2.73 bits per heavy atom. The van der Waals surface area contributed by atoms with Crippen LogP contribution in [0.15, 0.2) is 48.7 Å². The average molecular weight is 291 g/mol. The van der Waals surface area contributed by atoms with Gasteiger partial charge in [0.2, 0.25) is 0 Å². The van der Waals surface area contributed by atoms with E-state index in [-0.39, 0.29) is 5.91 Å². The minimum atomic E-state index is -0.147. The van der Waals surface area contributed by atoms with Gasteiger partial charge in [-0.3, -0.25) is 4.79 Å². The van der Waals surface area contributed by atoms with E-state index in [1.807, 2.05) is 36.4 Å². The third kappa shape index (κ3) is 1.77. The van der Waals surface area contributed by atoms with Gasteiger partial charge in [-0.2, -0.15) is 0 Å². The average Bonchev–Trinajstić information content (AvgIpc) is 2.82. The van der Waals surface area contributed by atoms with E-state index in [1.54, 1.807) is 6.20 Å². The van der Waals surface area contributed by atoms with E-state index < -0.39 is 0 Å². The van der Waals surface area contributed by atoms with E-state index in [2.05, 4.69) is 17.6 Å². The Balaban J connectivity index is 2.04. The number of hydrogen-bond donors (Lipinski definition) is 1. The number of aromatic nitrogens is 1. The fourth-order valence-electron chi connectivity index (χ4n) is 3.36. The number of carbonyl (C=O) groups is 1. The van der Waals surface area contributed by atoms with Gasteiger partial charge < -0.3 is 4.57 Å². The van der Waals surface area contributed by atoms with Crippen molar-refractivity contribution in [3.63, 3.8) is 0 Å². The number of allylic oxidation sites excluding steroid dienone is 1. The summed E-state index contributed by atoms with van der Waals surface area (Å²) in [7, 11) is 0. The summed E-state index contributed by atoms with van der Waals surface area (Å²) in [5.41, 5.74) is 6.02. The van der Waals surface area contributed by atoms with E-state index in [0.29, 0.717) is 5.57 Å². The highest BCUT2D eigenvalue weighted by molar-refractivity contribution is 6.21. The van der Waals surface area contributed by atoms with Crippen LogP contribution in [0.5, 0.6) is 0 Å². The standard InChI is InChI=1S/C18H17N3O/c1-12-10-14-8-5-9-15-17(14)21(12)16(11-20(19)18(15)22)13-6-3-2-4-7-13/h2-4,6-7,9-11H,5,8,19H2,1H3. The van der Waals surface area contributed by atoms with E-state index >= 15 is 0 Å². The predicted molar refractivity (Wildman–Crippen MR) is 86.3 cm³/mol. The Bertz CT molecular complexity index is 828. The molecule has 0 bridgehead atoms. The first-order chi connectivity index (χ1) is 10.7. The van der Waals surface area contributed by atoms with Gasteiger partial charge in [-0.15, -0.1) is 0 Å². The smallest absolute Gasteiger partial charge is 0.273 e. The Labute approximate surface area is 129 Å². The number of carbonyl (C=O) groups excluding carboxylic acids is 1. The molecule has 4 rings (SSSR count). The molecule has 0 radical (unpaired) electrons. The third-order valence-electron chi connectivity index (χ3n) is 4.32. The van der Waals surface area contributed by atoms with Crippen molar-refractivity contribution in [2.75, 3.05) is 0 Å². The number of rotatable bonds is 1. The summed E-state index contributed by atoms with van der Waals surface area (Å²) < 4.78 is 2.15. The van der Waals surface area contributed by atoms with Crippen LogP contribution in [0, 0.1) is 6.92 Å². The molecular weight excluding hydrogens is 274 g/mol. The molecule has 0 fully saturated rings. The molecule has 1 aliphatic heterocycles. The van der Waals surface area contributed by atoms with Crippen molar-refractivity contribution >= 4 is 17.2 Å². The van der Waals surface area contributed by atoms with Crippen LogP contribution in [-0.4, -0.2) is 15.5 Å². The summed E-state index contributed by atoms with van der Waals surface area (Å²) in [6.45, 7) is 2.07. The van der Waals surface area contributed by atoms with Crippen LogP contribution in [0.4, 0.5) is 0 Å². The van der Waals surface area contributed by atoms with Gasteiger partial charge in [0.25, 0.3) is 5.91 Å². The lowest BCUT2D eigenvalue weighted by Crippen LogP contribution is -2.32. The lowest BCUT2D eigenvalue weighted by molar-refractivity contribution is -0.122. The molecule has 4 heteroatoms. The van der Waals surface area contributed by atoms with E-state index in [0.717, 1.165) is 35.5 Å². The Kier molecular flexibility index (Phi) is 2.81. The largest absolute Gasteiger partial charge is 0.311 e. The van der Waals surface area contributed by atoms with Gasteiger partial charge in [0, 0.05) is 17.5 Å². The second kappa shape index (κ2) is 4.71. The van der Waals surface area contributed by atoms with E-state index in [9.17, 15) is 4.79 Å². The van der Waals surface area contributed by atoms with Crippen LogP contribution in [0.2, 0.25) is 0 Å². The highest BCUT2D eigenvalue weighted by Crippen LogP contribution is 2.36. The normalized spacial score (nSPS) is 16.8. The van der Waals surface area contributed by atoms with Gasteiger partial charge >= 0.3 is 0 Å². The molecule has 1 amide bonds. The predicted octanol–water partition coefficient (Wildman–Crippen LogP) is 2.69. The van der Waals surface area contributed by atoms with Crippen molar-refractivity contribution in [2.24, 2.45) is 5.84 Å². The molecule has 1 aromatic carbocycles. The Morgan fingerprint density at radius 2 is 1.95 bits per heavy atom. The lowest BCUT2D eigenvalue weighted by atomic mass is 9.96. The first-order valence-corrected chi connectivity index (χ1v) is 7.44. The third-order valence-corrected chi connectivity index (χ3v) is 4.32. The minimum absolute atomic E-state index is 0.147. The molecule has 2 heterocycles.